The molecule has 5 aliphatic rings. The Morgan fingerprint density at radius 2 is 1.63 bits per heavy atom. The van der Waals surface area contributed by atoms with E-state index in [1.165, 1.54) is 20.3 Å². The fourth-order valence-corrected chi connectivity index (χ4v) is 9.49. The zero-order valence-corrected chi connectivity index (χ0v) is 36.6. The Bertz CT molecular complexity index is 2190. The summed E-state index contributed by atoms with van der Waals surface area (Å²) in [5, 5.41) is 14.0. The van der Waals surface area contributed by atoms with E-state index in [1.807, 2.05) is 6.92 Å². The zero-order chi connectivity index (χ0) is 45.8. The van der Waals surface area contributed by atoms with Crippen LogP contribution in [0, 0.1) is 28.9 Å². The van der Waals surface area contributed by atoms with Crippen molar-refractivity contribution in [3.8, 4) is 17.2 Å². The number of urea groups is 1. The number of esters is 1. The maximum Gasteiger partial charge on any atom is 0.482 e. The molecule has 0 aromatic heterocycles. The molecule has 2 heterocycles. The number of imide groups is 1. The first-order chi connectivity index (χ1) is 29.0. The molecule has 2 aromatic carbocycles. The van der Waals surface area contributed by atoms with E-state index < -0.39 is 108 Å². The van der Waals surface area contributed by atoms with Crippen LogP contribution in [0.2, 0.25) is 5.02 Å². The summed E-state index contributed by atoms with van der Waals surface area (Å²) in [6.45, 7) is 9.52. The lowest BCUT2D eigenvalue weighted by molar-refractivity contribution is -0.199. The average molecular weight is 891 g/mol. The van der Waals surface area contributed by atoms with Crippen LogP contribution < -0.4 is 24.8 Å². The summed E-state index contributed by atoms with van der Waals surface area (Å²) < 4.78 is 66.1. The van der Waals surface area contributed by atoms with Gasteiger partial charge in [-0.05, 0) is 81.9 Å². The minimum absolute atomic E-state index is 0.0771. The first-order valence-corrected chi connectivity index (χ1v) is 20.3. The number of nitrogens with zero attached hydrogens (tertiary/aromatic N) is 2. The Morgan fingerprint density at radius 3 is 2.23 bits per heavy atom. The number of piperazine rings is 1. The van der Waals surface area contributed by atoms with E-state index in [9.17, 15) is 33.9 Å². The summed E-state index contributed by atoms with van der Waals surface area (Å²) in [6.07, 6.45) is 0.917. The average Bonchev–Trinajstić information content (AvgIpc) is 3.55. The molecule has 3 saturated carbocycles. The van der Waals surface area contributed by atoms with E-state index in [2.05, 4.69) is 24.5 Å². The van der Waals surface area contributed by atoms with Crippen LogP contribution in [0.5, 0.6) is 17.2 Å². The van der Waals surface area contributed by atoms with Gasteiger partial charge in [-0.25, -0.2) is 18.4 Å². The predicted octanol–water partition coefficient (Wildman–Crippen LogP) is 4.10. The SMILES string of the molecule is COc1c(F)cc(C(NC(=O)N2CCN(CC(=O)O)C(=O)C2=O)C(=O)N[C@@H](Cc2ccc(F)c(C(=O)OC(C)(C)C)c2OC)B2O[C@@H]3C[C@@H]4C[C@@H](C4(C)C)[C@]3(C)O2)c(Cl)c1OC. The Hall–Kier alpha value is -5.21. The second-order valence-electron chi connectivity index (χ2n) is 17.6. The van der Waals surface area contributed by atoms with Gasteiger partial charge in [0, 0.05) is 18.7 Å². The van der Waals surface area contributed by atoms with Crippen molar-refractivity contribution in [3.05, 3.63) is 51.5 Å². The monoisotopic (exact) mass is 890 g/mol. The van der Waals surface area contributed by atoms with Crippen LogP contribution in [0.1, 0.15) is 81.9 Å². The minimum atomic E-state index is -1.94. The van der Waals surface area contributed by atoms with Crippen molar-refractivity contribution in [2.24, 2.45) is 17.3 Å². The van der Waals surface area contributed by atoms with Crippen LogP contribution >= 0.6 is 11.6 Å². The molecule has 2 saturated heterocycles. The molecular weight excluding hydrogens is 841 g/mol. The molecule has 2 aliphatic heterocycles. The zero-order valence-electron chi connectivity index (χ0n) is 35.8. The molecule has 0 spiro atoms. The van der Waals surface area contributed by atoms with Gasteiger partial charge in [-0.2, -0.15) is 0 Å². The number of carboxylic acids is 1. The molecule has 17 nitrogen and oxygen atoms in total. The summed E-state index contributed by atoms with van der Waals surface area (Å²) in [5.74, 6) is -9.82. The predicted molar refractivity (Wildman–Crippen MR) is 216 cm³/mol. The maximum absolute atomic E-state index is 15.7. The molecule has 62 heavy (non-hydrogen) atoms. The van der Waals surface area contributed by atoms with Crippen LogP contribution in [0.15, 0.2) is 18.2 Å². The van der Waals surface area contributed by atoms with Crippen molar-refractivity contribution in [2.75, 3.05) is 41.0 Å². The Balaban J connectivity index is 1.41. The highest BCUT2D eigenvalue weighted by Gasteiger charge is 2.68. The third kappa shape index (κ3) is 8.47. The molecule has 2 aromatic rings. The lowest BCUT2D eigenvalue weighted by atomic mass is 9.43. The molecule has 21 heteroatoms. The second-order valence-corrected chi connectivity index (χ2v) is 17.9. The number of ether oxygens (including phenoxy) is 4. The summed E-state index contributed by atoms with van der Waals surface area (Å²) in [5.41, 5.74) is -2.53. The molecule has 336 valence electrons. The van der Waals surface area contributed by atoms with Gasteiger partial charge in [-0.1, -0.05) is 31.5 Å². The number of carboxylic acid groups (broad SMARTS) is 1. The Kier molecular flexibility index (Phi) is 12.8. The molecule has 0 radical (unpaired) electrons. The van der Waals surface area contributed by atoms with Crippen LogP contribution in [0.4, 0.5) is 13.6 Å². The number of aliphatic carboxylic acids is 1. The first kappa shape index (κ1) is 46.3. The molecule has 1 unspecified atom stereocenters. The van der Waals surface area contributed by atoms with Gasteiger partial charge in [-0.3, -0.25) is 24.1 Å². The number of halogens is 3. The van der Waals surface area contributed by atoms with Crippen molar-refractivity contribution in [1.82, 2.24) is 20.4 Å². The van der Waals surface area contributed by atoms with E-state index in [0.29, 0.717) is 17.2 Å². The summed E-state index contributed by atoms with van der Waals surface area (Å²) >= 11 is 6.74. The van der Waals surface area contributed by atoms with Crippen molar-refractivity contribution in [3.63, 3.8) is 0 Å². The number of carbonyl (C=O) groups is 6. The maximum atomic E-state index is 15.7. The van der Waals surface area contributed by atoms with Gasteiger partial charge in [0.15, 0.2) is 17.3 Å². The first-order valence-electron chi connectivity index (χ1n) is 19.9. The molecule has 7 rings (SSSR count). The quantitative estimate of drug-likeness (QED) is 0.147. The summed E-state index contributed by atoms with van der Waals surface area (Å²) in [6, 6.07) is 0.0128. The van der Waals surface area contributed by atoms with Gasteiger partial charge in [0.05, 0.1) is 44.0 Å². The van der Waals surface area contributed by atoms with E-state index in [4.69, 9.17) is 39.9 Å². The Labute approximate surface area is 362 Å². The van der Waals surface area contributed by atoms with Gasteiger partial charge in [0.1, 0.15) is 35.3 Å². The normalized spacial score (nSPS) is 23.7. The molecule has 3 N–H and O–H groups in total. The summed E-state index contributed by atoms with van der Waals surface area (Å²) in [4.78, 5) is 80.6. The third-order valence-electron chi connectivity index (χ3n) is 12.3. The number of nitrogens with one attached hydrogen (secondary N) is 2. The number of rotatable bonds is 13. The highest BCUT2D eigenvalue weighted by atomic mass is 35.5. The highest BCUT2D eigenvalue weighted by molar-refractivity contribution is 6.48. The Morgan fingerprint density at radius 1 is 0.968 bits per heavy atom. The van der Waals surface area contributed by atoms with Gasteiger partial charge >= 0.3 is 36.9 Å². The van der Waals surface area contributed by atoms with Gasteiger partial charge in [0.2, 0.25) is 5.91 Å². The molecular formula is C41H50BClF2N4O13. The van der Waals surface area contributed by atoms with E-state index in [-0.39, 0.29) is 51.9 Å². The lowest BCUT2D eigenvalue weighted by Crippen LogP contribution is -2.65. The number of hydrogen-bond donors (Lipinski definition) is 3. The van der Waals surface area contributed by atoms with Crippen molar-refractivity contribution in [1.29, 1.82) is 0 Å². The summed E-state index contributed by atoms with van der Waals surface area (Å²) in [7, 11) is 2.36. The van der Waals surface area contributed by atoms with Crippen LogP contribution in [0.25, 0.3) is 0 Å². The number of benzene rings is 2. The number of amides is 5. The molecule has 3 aliphatic carbocycles. The minimum Gasteiger partial charge on any atom is -0.495 e. The van der Waals surface area contributed by atoms with E-state index in [1.54, 1.807) is 20.8 Å². The van der Waals surface area contributed by atoms with Crippen molar-refractivity contribution in [2.45, 2.75) is 90.1 Å². The van der Waals surface area contributed by atoms with E-state index in [0.717, 1.165) is 30.6 Å². The standard InChI is InChI=1S/C41H50BClF2N4O13/c1-39(2,3)60-37(55)28-22(44)11-10-19(31(28)57-7)14-26(42-61-25-16-20-15-24(40(20,4)5)41(25,6)62-42)46-34(52)30(21-17-23(45)32(58-8)33(59-9)29(21)43)47-38(56)49-13-12-48(18-27(50)51)35(53)36(49)54/h10-11,17,20,24-26,30H,12-16,18H2,1-9H3,(H,46,52)(H,47,56)(H,50,51)/t20-,24-,25+,26-,30?,41-/m0/s1. The van der Waals surface area contributed by atoms with E-state index >= 15 is 8.78 Å². The van der Waals surface area contributed by atoms with Crippen LogP contribution in [0.3, 0.4) is 0 Å². The smallest absolute Gasteiger partial charge is 0.482 e. The third-order valence-corrected chi connectivity index (χ3v) is 12.7. The largest absolute Gasteiger partial charge is 0.495 e. The second kappa shape index (κ2) is 17.2. The molecule has 5 fully saturated rings. The van der Waals surface area contributed by atoms with Crippen LogP contribution in [-0.2, 0) is 39.6 Å². The van der Waals surface area contributed by atoms with Crippen molar-refractivity contribution >= 4 is 54.4 Å². The van der Waals surface area contributed by atoms with Crippen LogP contribution in [-0.4, -0.2) is 122 Å². The van der Waals surface area contributed by atoms with Crippen molar-refractivity contribution < 1.29 is 70.9 Å². The van der Waals surface area contributed by atoms with Gasteiger partial charge in [0.25, 0.3) is 0 Å². The molecule has 6 atom stereocenters. The lowest BCUT2D eigenvalue weighted by Gasteiger charge is -2.64. The fraction of sp³-hybridized carbons (Fsp3) is 0.561. The fourth-order valence-electron chi connectivity index (χ4n) is 9.16. The molecule has 2 bridgehead atoms. The van der Waals surface area contributed by atoms with Gasteiger partial charge < -0.3 is 48.9 Å². The number of methoxy groups -OCH3 is 3. The topological polar surface area (TPSA) is 209 Å². The number of carbonyl (C=O) groups excluding carboxylic acids is 5. The number of hydrogen-bond acceptors (Lipinski definition) is 12. The van der Waals surface area contributed by atoms with Gasteiger partial charge in [-0.15, -0.1) is 0 Å². The molecule has 5 amide bonds. The highest BCUT2D eigenvalue weighted by Crippen LogP contribution is 2.65.